The SMILES string of the molecule is CC(C)(C)C(=O)C(/C(=C\c1ccccc1)c1ccc[nH]1)=S(C)(C)=O. The summed E-state index contributed by atoms with van der Waals surface area (Å²) in [4.78, 5) is 16.6. The Balaban J connectivity index is 2.77. The largest absolute Gasteiger partial charge is 0.361 e. The van der Waals surface area contributed by atoms with Crippen LogP contribution in [0.5, 0.6) is 0 Å². The molecule has 2 aromatic rings. The minimum absolute atomic E-state index is 0.0886. The van der Waals surface area contributed by atoms with Crippen LogP contribution in [0.25, 0.3) is 11.6 Å². The third-order valence-electron chi connectivity index (χ3n) is 3.62. The molecule has 1 aromatic heterocycles. The number of nitrogens with one attached hydrogen (secondary N) is 1. The van der Waals surface area contributed by atoms with E-state index in [4.69, 9.17) is 0 Å². The molecule has 0 fully saturated rings. The second-order valence-electron chi connectivity index (χ2n) is 7.19. The molecule has 4 heteroatoms. The quantitative estimate of drug-likeness (QED) is 0.676. The van der Waals surface area contributed by atoms with E-state index >= 15 is 0 Å². The lowest BCUT2D eigenvalue weighted by molar-refractivity contribution is -0.119. The first-order valence-corrected chi connectivity index (χ1v) is 10.2. The number of ketones is 1. The number of aromatic nitrogens is 1. The van der Waals surface area contributed by atoms with Gasteiger partial charge < -0.3 is 4.98 Å². The molecule has 1 aromatic carbocycles. The summed E-state index contributed by atoms with van der Waals surface area (Å²) in [5.74, 6) is -0.0886. The van der Waals surface area contributed by atoms with Gasteiger partial charge in [-0.15, -0.1) is 0 Å². The molecule has 0 aliphatic heterocycles. The predicted octanol–water partition coefficient (Wildman–Crippen LogP) is 3.89. The molecule has 1 N–H and O–H groups in total. The summed E-state index contributed by atoms with van der Waals surface area (Å²) in [6.07, 6.45) is 7.00. The van der Waals surface area contributed by atoms with Gasteiger partial charge in [-0.05, 0) is 33.3 Å². The van der Waals surface area contributed by atoms with E-state index in [1.807, 2.05) is 69.3 Å². The molecule has 0 aliphatic carbocycles. The van der Waals surface area contributed by atoms with Crippen molar-refractivity contribution in [2.75, 3.05) is 12.5 Å². The van der Waals surface area contributed by atoms with Crippen LogP contribution in [-0.4, -0.2) is 32.4 Å². The highest BCUT2D eigenvalue weighted by Gasteiger charge is 2.31. The van der Waals surface area contributed by atoms with Gasteiger partial charge in [0.25, 0.3) is 0 Å². The molecule has 128 valence electrons. The summed E-state index contributed by atoms with van der Waals surface area (Å²) >= 11 is 0. The first-order chi connectivity index (χ1) is 11.1. The molecule has 1 heterocycles. The van der Waals surface area contributed by atoms with Crippen LogP contribution in [0.15, 0.2) is 48.7 Å². The number of carbonyl (C=O) groups excluding carboxylic acids is 1. The number of aromatic amines is 1. The Labute approximate surface area is 144 Å². The van der Waals surface area contributed by atoms with Crippen molar-refractivity contribution in [1.82, 2.24) is 4.98 Å². The van der Waals surface area contributed by atoms with E-state index in [0.29, 0.717) is 10.4 Å². The summed E-state index contributed by atoms with van der Waals surface area (Å²) < 4.78 is 13.0. The average molecular weight is 343 g/mol. The Morgan fingerprint density at radius 1 is 1.04 bits per heavy atom. The second kappa shape index (κ2) is 6.81. The van der Waals surface area contributed by atoms with Gasteiger partial charge in [-0.1, -0.05) is 51.1 Å². The first-order valence-electron chi connectivity index (χ1n) is 7.87. The van der Waals surface area contributed by atoms with Crippen molar-refractivity contribution in [3.63, 3.8) is 0 Å². The Bertz CT molecular complexity index is 852. The third-order valence-corrected chi connectivity index (χ3v) is 5.01. The van der Waals surface area contributed by atoms with E-state index in [1.54, 1.807) is 18.7 Å². The van der Waals surface area contributed by atoms with Gasteiger partial charge in [0.15, 0.2) is 5.78 Å². The monoisotopic (exact) mass is 343 g/mol. The fourth-order valence-electron chi connectivity index (χ4n) is 2.43. The number of hydrogen-bond acceptors (Lipinski definition) is 2. The van der Waals surface area contributed by atoms with Crippen LogP contribution in [0.3, 0.4) is 0 Å². The average Bonchev–Trinajstić information content (AvgIpc) is 2.99. The first kappa shape index (κ1) is 18.3. The van der Waals surface area contributed by atoms with Gasteiger partial charge in [-0.25, -0.2) is 0 Å². The van der Waals surface area contributed by atoms with Crippen molar-refractivity contribution in [1.29, 1.82) is 0 Å². The lowest BCUT2D eigenvalue weighted by Crippen LogP contribution is -2.33. The van der Waals surface area contributed by atoms with Crippen molar-refractivity contribution in [3.05, 3.63) is 59.9 Å². The van der Waals surface area contributed by atoms with Gasteiger partial charge in [0, 0.05) is 35.4 Å². The summed E-state index contributed by atoms with van der Waals surface area (Å²) in [7, 11) is -2.46. The van der Waals surface area contributed by atoms with Gasteiger partial charge in [0.2, 0.25) is 0 Å². The number of H-pyrrole nitrogens is 1. The van der Waals surface area contributed by atoms with E-state index in [9.17, 15) is 9.00 Å². The van der Waals surface area contributed by atoms with Gasteiger partial charge in [0.1, 0.15) is 0 Å². The maximum absolute atomic E-state index is 13.1. The van der Waals surface area contributed by atoms with Crippen LogP contribution in [0.1, 0.15) is 32.0 Å². The van der Waals surface area contributed by atoms with Crippen LogP contribution in [0.2, 0.25) is 0 Å². The summed E-state index contributed by atoms with van der Waals surface area (Å²) in [5, 5.41) is 0. The highest BCUT2D eigenvalue weighted by Crippen LogP contribution is 2.26. The molecule has 0 radical (unpaired) electrons. The molecule has 24 heavy (non-hydrogen) atoms. The molecule has 0 spiro atoms. The van der Waals surface area contributed by atoms with Gasteiger partial charge in [-0.3, -0.25) is 9.00 Å². The number of Topliss-reactive ketones (excluding diaryl/α,β-unsaturated/α-hetero) is 1. The number of hydrogen-bond donors (Lipinski definition) is 1. The Morgan fingerprint density at radius 2 is 1.67 bits per heavy atom. The molecule has 0 saturated carbocycles. The summed E-state index contributed by atoms with van der Waals surface area (Å²) in [6, 6.07) is 13.5. The van der Waals surface area contributed by atoms with Crippen LogP contribution < -0.4 is 0 Å². The molecule has 0 bridgehead atoms. The lowest BCUT2D eigenvalue weighted by Gasteiger charge is -2.22. The van der Waals surface area contributed by atoms with E-state index in [-0.39, 0.29) is 5.78 Å². The molecule has 0 aliphatic rings. The summed E-state index contributed by atoms with van der Waals surface area (Å²) in [6.45, 7) is 5.57. The molecular formula is C20H25NO2S. The Hall–Kier alpha value is -2.07. The number of rotatable bonds is 4. The van der Waals surface area contributed by atoms with Crippen molar-refractivity contribution in [2.24, 2.45) is 5.41 Å². The topological polar surface area (TPSA) is 49.9 Å². The highest BCUT2D eigenvalue weighted by atomic mass is 32.2. The zero-order valence-electron chi connectivity index (χ0n) is 14.9. The van der Waals surface area contributed by atoms with E-state index in [0.717, 1.165) is 11.3 Å². The van der Waals surface area contributed by atoms with E-state index in [2.05, 4.69) is 4.98 Å². The second-order valence-corrected chi connectivity index (χ2v) is 10.1. The van der Waals surface area contributed by atoms with Crippen LogP contribution >= 0.6 is 0 Å². The molecule has 0 atom stereocenters. The van der Waals surface area contributed by atoms with Crippen LogP contribution in [0, 0.1) is 5.41 Å². The van der Waals surface area contributed by atoms with Crippen LogP contribution in [0.4, 0.5) is 0 Å². The van der Waals surface area contributed by atoms with E-state index < -0.39 is 14.9 Å². The van der Waals surface area contributed by atoms with Crippen LogP contribution in [-0.2, 0) is 14.3 Å². The maximum atomic E-state index is 13.1. The Kier molecular flexibility index (Phi) is 5.19. The van der Waals surface area contributed by atoms with Crippen molar-refractivity contribution in [2.45, 2.75) is 20.8 Å². The third kappa shape index (κ3) is 4.26. The smallest absolute Gasteiger partial charge is 0.176 e. The molecule has 0 saturated heterocycles. The summed E-state index contributed by atoms with van der Waals surface area (Å²) in [5.41, 5.74) is 1.85. The van der Waals surface area contributed by atoms with Gasteiger partial charge >= 0.3 is 0 Å². The number of carbonyl (C=O) groups is 1. The zero-order valence-corrected chi connectivity index (χ0v) is 15.7. The highest BCUT2D eigenvalue weighted by molar-refractivity contribution is 8.03. The molecular weight excluding hydrogens is 318 g/mol. The molecule has 0 amide bonds. The zero-order chi connectivity index (χ0) is 18.0. The van der Waals surface area contributed by atoms with Crippen molar-refractivity contribution < 1.29 is 9.00 Å². The van der Waals surface area contributed by atoms with Crippen molar-refractivity contribution in [3.8, 4) is 0 Å². The van der Waals surface area contributed by atoms with Gasteiger partial charge in [0.05, 0.1) is 4.86 Å². The fraction of sp³-hybridized carbons (Fsp3) is 0.300. The lowest BCUT2D eigenvalue weighted by atomic mass is 9.86. The predicted molar refractivity (Wildman–Crippen MR) is 105 cm³/mol. The normalized spacial score (nSPS) is 13.0. The van der Waals surface area contributed by atoms with Gasteiger partial charge in [-0.2, -0.15) is 0 Å². The van der Waals surface area contributed by atoms with E-state index in [1.165, 1.54) is 0 Å². The fourth-order valence-corrected chi connectivity index (χ4v) is 3.88. The minimum Gasteiger partial charge on any atom is -0.361 e. The van der Waals surface area contributed by atoms with Crippen molar-refractivity contribution >= 4 is 31.8 Å². The Morgan fingerprint density at radius 3 is 2.12 bits per heavy atom. The maximum Gasteiger partial charge on any atom is 0.176 e. The molecule has 3 nitrogen and oxygen atoms in total. The molecule has 2 rings (SSSR count). The molecule has 0 unspecified atom stereocenters. The standard InChI is InChI=1S/C20H25NO2S/c1-20(2,3)19(22)18(24(4,5)23)16(17-12-9-13-21-17)14-15-10-7-6-8-11-15/h6-14,21H,1-5H3/b16-14-. The number of allylic oxidation sites excluding steroid dienone is 1. The number of benzene rings is 1. The minimum atomic E-state index is -2.46.